The Labute approximate surface area is 176 Å². The van der Waals surface area contributed by atoms with Crippen molar-refractivity contribution in [3.05, 3.63) is 48.0 Å². The van der Waals surface area contributed by atoms with Gasteiger partial charge in [0.25, 0.3) is 5.89 Å². The minimum absolute atomic E-state index is 0.267. The molecule has 0 aliphatic carbocycles. The molecule has 0 atom stereocenters. The summed E-state index contributed by atoms with van der Waals surface area (Å²) in [5.74, 6) is 1.21. The Hall–Kier alpha value is -2.71. The van der Waals surface area contributed by atoms with Gasteiger partial charge < -0.3 is 9.15 Å². The average Bonchev–Trinajstić information content (AvgIpc) is 3.07. The summed E-state index contributed by atoms with van der Waals surface area (Å²) in [6.07, 6.45) is 3.92. The highest BCUT2D eigenvalue weighted by Gasteiger charge is 2.27. The number of aromatic nitrogens is 2. The fourth-order valence-corrected chi connectivity index (χ4v) is 5.47. The number of nitrogens with zero attached hydrogens (tertiary/aromatic N) is 3. The highest BCUT2D eigenvalue weighted by molar-refractivity contribution is 7.89. The lowest BCUT2D eigenvalue weighted by molar-refractivity contribution is 0.414. The molecule has 1 fully saturated rings. The predicted octanol–water partition coefficient (Wildman–Crippen LogP) is 4.29. The van der Waals surface area contributed by atoms with E-state index in [9.17, 15) is 8.42 Å². The van der Waals surface area contributed by atoms with E-state index in [0.29, 0.717) is 46.3 Å². The zero-order valence-corrected chi connectivity index (χ0v) is 18.0. The molecule has 0 radical (unpaired) electrons. The van der Waals surface area contributed by atoms with E-state index in [0.717, 1.165) is 25.7 Å². The normalized spacial score (nSPS) is 15.7. The molecule has 0 N–H and O–H groups in total. The van der Waals surface area contributed by atoms with Crippen LogP contribution in [0.3, 0.4) is 0 Å². The molecular weight excluding hydrogens is 402 g/mol. The Bertz CT molecular complexity index is 1130. The summed E-state index contributed by atoms with van der Waals surface area (Å²) in [6.45, 7) is 2.93. The molecule has 1 aromatic heterocycles. The van der Waals surface area contributed by atoms with Gasteiger partial charge in [-0.05, 0) is 49.6 Å². The van der Waals surface area contributed by atoms with Crippen molar-refractivity contribution in [2.75, 3.05) is 20.2 Å². The fourth-order valence-electron chi connectivity index (χ4n) is 3.70. The Kier molecular flexibility index (Phi) is 5.87. The third-order valence-corrected chi connectivity index (χ3v) is 7.42. The number of sulfonamides is 1. The second-order valence-corrected chi connectivity index (χ2v) is 9.32. The van der Waals surface area contributed by atoms with Crippen molar-refractivity contribution < 1.29 is 17.6 Å². The smallest absolute Gasteiger partial charge is 0.251 e. The summed E-state index contributed by atoms with van der Waals surface area (Å²) in [4.78, 5) is 0.291. The van der Waals surface area contributed by atoms with Crippen LogP contribution in [-0.4, -0.2) is 43.1 Å². The van der Waals surface area contributed by atoms with E-state index in [1.54, 1.807) is 29.6 Å². The number of hydrogen-bond acceptors (Lipinski definition) is 6. The first-order valence-corrected chi connectivity index (χ1v) is 11.5. The van der Waals surface area contributed by atoms with Crippen LogP contribution in [0.2, 0.25) is 0 Å². The molecule has 30 heavy (non-hydrogen) atoms. The van der Waals surface area contributed by atoms with E-state index < -0.39 is 10.0 Å². The third kappa shape index (κ3) is 3.97. The molecule has 158 valence electrons. The van der Waals surface area contributed by atoms with Crippen molar-refractivity contribution in [1.29, 1.82) is 0 Å². The highest BCUT2D eigenvalue weighted by Crippen LogP contribution is 2.32. The van der Waals surface area contributed by atoms with Gasteiger partial charge in [-0.2, -0.15) is 4.31 Å². The van der Waals surface area contributed by atoms with Gasteiger partial charge in [-0.15, -0.1) is 10.2 Å². The SMILES string of the molecule is COc1ccccc1-c1nnc(-c2ccc(C)c(S(=O)(=O)N3CCCCCC3)c2)o1. The summed E-state index contributed by atoms with van der Waals surface area (Å²) in [5, 5.41) is 8.27. The molecule has 0 amide bonds. The molecular formula is C22H25N3O4S. The maximum absolute atomic E-state index is 13.3. The predicted molar refractivity (Wildman–Crippen MR) is 114 cm³/mol. The third-order valence-electron chi connectivity index (χ3n) is 5.38. The molecule has 3 aromatic rings. The van der Waals surface area contributed by atoms with Crippen LogP contribution in [0.15, 0.2) is 51.8 Å². The van der Waals surface area contributed by atoms with Crippen LogP contribution in [0.4, 0.5) is 0 Å². The van der Waals surface area contributed by atoms with E-state index in [1.165, 1.54) is 0 Å². The molecule has 7 nitrogen and oxygen atoms in total. The van der Waals surface area contributed by atoms with Gasteiger partial charge in [0.05, 0.1) is 17.6 Å². The minimum Gasteiger partial charge on any atom is -0.496 e. The van der Waals surface area contributed by atoms with Crippen LogP contribution in [0.25, 0.3) is 22.9 Å². The molecule has 1 aliphatic heterocycles. The number of para-hydroxylation sites is 1. The van der Waals surface area contributed by atoms with Gasteiger partial charge in [0, 0.05) is 18.7 Å². The van der Waals surface area contributed by atoms with Gasteiger partial charge in [-0.25, -0.2) is 8.42 Å². The topological polar surface area (TPSA) is 85.5 Å². The first kappa shape index (κ1) is 20.6. The average molecular weight is 428 g/mol. The summed E-state index contributed by atoms with van der Waals surface area (Å²) in [6, 6.07) is 12.6. The maximum atomic E-state index is 13.3. The number of benzene rings is 2. The molecule has 2 heterocycles. The second-order valence-electron chi connectivity index (χ2n) is 7.41. The Morgan fingerprint density at radius 2 is 1.67 bits per heavy atom. The van der Waals surface area contributed by atoms with E-state index in [4.69, 9.17) is 9.15 Å². The Balaban J connectivity index is 1.70. The molecule has 0 bridgehead atoms. The number of ether oxygens (including phenoxy) is 1. The fraction of sp³-hybridized carbons (Fsp3) is 0.364. The number of hydrogen-bond donors (Lipinski definition) is 0. The molecule has 1 aliphatic rings. The standard InChI is InChI=1S/C22H25N3O4S/c1-16-11-12-17(15-20(16)30(26,27)25-13-7-3-4-8-14-25)21-23-24-22(29-21)18-9-5-6-10-19(18)28-2/h5-6,9-12,15H,3-4,7-8,13-14H2,1-2H3. The van der Waals surface area contributed by atoms with E-state index in [-0.39, 0.29) is 5.89 Å². The van der Waals surface area contributed by atoms with Gasteiger partial charge in [0.2, 0.25) is 15.9 Å². The quantitative estimate of drug-likeness (QED) is 0.604. The van der Waals surface area contributed by atoms with Crippen molar-refractivity contribution in [2.24, 2.45) is 0 Å². The van der Waals surface area contributed by atoms with Gasteiger partial charge in [-0.1, -0.05) is 31.0 Å². The summed E-state index contributed by atoms with van der Waals surface area (Å²) < 4.78 is 39.4. The van der Waals surface area contributed by atoms with E-state index in [2.05, 4.69) is 10.2 Å². The lowest BCUT2D eigenvalue weighted by atomic mass is 10.1. The molecule has 8 heteroatoms. The zero-order chi connectivity index (χ0) is 21.1. The second kappa shape index (κ2) is 8.57. The number of rotatable bonds is 5. The minimum atomic E-state index is -3.58. The zero-order valence-electron chi connectivity index (χ0n) is 17.2. The molecule has 1 saturated heterocycles. The Morgan fingerprint density at radius 3 is 2.40 bits per heavy atom. The summed E-state index contributed by atoms with van der Waals surface area (Å²) in [7, 11) is -2.00. The van der Waals surface area contributed by atoms with Crippen molar-refractivity contribution in [1.82, 2.24) is 14.5 Å². The van der Waals surface area contributed by atoms with Gasteiger partial charge in [-0.3, -0.25) is 0 Å². The van der Waals surface area contributed by atoms with Gasteiger partial charge in [0.1, 0.15) is 5.75 Å². The van der Waals surface area contributed by atoms with Crippen molar-refractivity contribution in [3.63, 3.8) is 0 Å². The first-order valence-electron chi connectivity index (χ1n) is 10.1. The van der Waals surface area contributed by atoms with Crippen LogP contribution in [-0.2, 0) is 10.0 Å². The van der Waals surface area contributed by atoms with Crippen LogP contribution in [0, 0.1) is 6.92 Å². The molecule has 4 rings (SSSR count). The van der Waals surface area contributed by atoms with Gasteiger partial charge >= 0.3 is 0 Å². The lowest BCUT2D eigenvalue weighted by Gasteiger charge is -2.21. The number of aryl methyl sites for hydroxylation is 1. The highest BCUT2D eigenvalue weighted by atomic mass is 32.2. The van der Waals surface area contributed by atoms with Crippen molar-refractivity contribution in [2.45, 2.75) is 37.5 Å². The molecule has 0 saturated carbocycles. The number of methoxy groups -OCH3 is 1. The first-order chi connectivity index (χ1) is 14.5. The van der Waals surface area contributed by atoms with E-state index in [1.807, 2.05) is 31.2 Å². The van der Waals surface area contributed by atoms with Crippen LogP contribution in [0.5, 0.6) is 5.75 Å². The molecule has 0 spiro atoms. The van der Waals surface area contributed by atoms with Crippen molar-refractivity contribution in [3.8, 4) is 28.7 Å². The maximum Gasteiger partial charge on any atom is 0.251 e. The van der Waals surface area contributed by atoms with Gasteiger partial charge in [0.15, 0.2) is 0 Å². The summed E-state index contributed by atoms with van der Waals surface area (Å²) >= 11 is 0. The van der Waals surface area contributed by atoms with Crippen LogP contribution >= 0.6 is 0 Å². The van der Waals surface area contributed by atoms with Crippen LogP contribution < -0.4 is 4.74 Å². The molecule has 2 aromatic carbocycles. The van der Waals surface area contributed by atoms with Crippen molar-refractivity contribution >= 4 is 10.0 Å². The largest absolute Gasteiger partial charge is 0.496 e. The molecule has 0 unspecified atom stereocenters. The monoisotopic (exact) mass is 427 g/mol. The Morgan fingerprint density at radius 1 is 0.967 bits per heavy atom. The lowest BCUT2D eigenvalue weighted by Crippen LogP contribution is -2.32. The van der Waals surface area contributed by atoms with Crippen LogP contribution in [0.1, 0.15) is 31.2 Å². The summed E-state index contributed by atoms with van der Waals surface area (Å²) in [5.41, 5.74) is 1.96. The van der Waals surface area contributed by atoms with E-state index >= 15 is 0 Å².